The summed E-state index contributed by atoms with van der Waals surface area (Å²) in [6, 6.07) is 17.6. The molecule has 220 valence electrons. The molecule has 1 amide bonds. The van der Waals surface area contributed by atoms with Crippen molar-refractivity contribution in [3.63, 3.8) is 0 Å². The minimum absolute atomic E-state index is 0.0198. The maximum absolute atomic E-state index is 13.2. The maximum atomic E-state index is 13.2. The number of nitriles is 1. The van der Waals surface area contributed by atoms with Gasteiger partial charge in [0, 0.05) is 55.4 Å². The molecule has 0 aliphatic carbocycles. The average molecular weight is 579 g/mol. The van der Waals surface area contributed by atoms with E-state index in [1.807, 2.05) is 47.4 Å². The van der Waals surface area contributed by atoms with Crippen molar-refractivity contribution in [1.29, 1.82) is 5.26 Å². The van der Waals surface area contributed by atoms with E-state index in [2.05, 4.69) is 16.0 Å². The van der Waals surface area contributed by atoms with Gasteiger partial charge < -0.3 is 23.5 Å². The maximum Gasteiger partial charge on any atom is 0.254 e. The Balaban J connectivity index is 1.14. The Morgan fingerprint density at radius 1 is 1.00 bits per heavy atom. The Labute approximate surface area is 250 Å². The molecule has 0 unspecified atom stereocenters. The van der Waals surface area contributed by atoms with Crippen molar-refractivity contribution in [2.75, 3.05) is 46.5 Å². The number of hydrogen-bond donors (Lipinski definition) is 0. The van der Waals surface area contributed by atoms with Crippen LogP contribution in [-0.2, 0) is 4.74 Å². The van der Waals surface area contributed by atoms with Crippen LogP contribution < -0.4 is 9.47 Å². The topological polar surface area (TPSA) is 101 Å². The monoisotopic (exact) mass is 578 g/mol. The number of benzene rings is 2. The van der Waals surface area contributed by atoms with Crippen molar-refractivity contribution in [3.8, 4) is 40.0 Å². The van der Waals surface area contributed by atoms with Gasteiger partial charge in [-0.25, -0.2) is 0 Å². The van der Waals surface area contributed by atoms with Crippen molar-refractivity contribution >= 4 is 17.0 Å². The first-order chi connectivity index (χ1) is 21.1. The number of furan rings is 1. The van der Waals surface area contributed by atoms with Gasteiger partial charge in [0.25, 0.3) is 5.91 Å². The number of fused-ring (bicyclic) bond motifs is 1. The van der Waals surface area contributed by atoms with Crippen LogP contribution in [0.2, 0.25) is 0 Å². The van der Waals surface area contributed by atoms with Gasteiger partial charge in [-0.3, -0.25) is 14.7 Å². The lowest BCUT2D eigenvalue weighted by Crippen LogP contribution is -2.60. The van der Waals surface area contributed by atoms with Crippen molar-refractivity contribution in [2.24, 2.45) is 0 Å². The zero-order valence-corrected chi connectivity index (χ0v) is 24.3. The molecule has 2 aromatic heterocycles. The van der Waals surface area contributed by atoms with E-state index in [0.717, 1.165) is 55.7 Å². The number of carbonyl (C=O) groups excluding carboxylic acids is 1. The summed E-state index contributed by atoms with van der Waals surface area (Å²) in [4.78, 5) is 22.1. The third-order valence-corrected chi connectivity index (χ3v) is 8.81. The smallest absolute Gasteiger partial charge is 0.254 e. The van der Waals surface area contributed by atoms with Crippen molar-refractivity contribution in [2.45, 2.75) is 37.8 Å². The van der Waals surface area contributed by atoms with Crippen molar-refractivity contribution in [1.82, 2.24) is 14.8 Å². The number of pyridine rings is 1. The summed E-state index contributed by atoms with van der Waals surface area (Å²) in [6.45, 7) is 5.16. The molecule has 43 heavy (non-hydrogen) atoms. The van der Waals surface area contributed by atoms with Gasteiger partial charge >= 0.3 is 0 Å². The molecule has 0 radical (unpaired) electrons. The average Bonchev–Trinajstić information content (AvgIpc) is 3.71. The molecule has 0 N–H and O–H groups in total. The molecule has 9 nitrogen and oxygen atoms in total. The molecular weight excluding hydrogens is 544 g/mol. The Morgan fingerprint density at radius 3 is 2.58 bits per heavy atom. The molecule has 3 aliphatic heterocycles. The van der Waals surface area contributed by atoms with Gasteiger partial charge in [0.05, 0.1) is 31.5 Å². The molecule has 3 aliphatic rings. The van der Waals surface area contributed by atoms with Gasteiger partial charge in [-0.05, 0) is 67.9 Å². The van der Waals surface area contributed by atoms with Crippen LogP contribution in [0.1, 0.15) is 41.6 Å². The van der Waals surface area contributed by atoms with Gasteiger partial charge in [0.1, 0.15) is 34.9 Å². The summed E-state index contributed by atoms with van der Waals surface area (Å²) >= 11 is 0. The fourth-order valence-electron chi connectivity index (χ4n) is 6.33. The molecule has 0 atom stereocenters. The lowest BCUT2D eigenvalue weighted by atomic mass is 10.0. The Hall–Kier alpha value is -4.39. The SMILES string of the molecule is COc1cc(C(=O)N2CC(N3CCCC3)C2)ccc1-c1cc2nccc(-c3ccc(OC4CCOCC4)c(C#N)c3)c2o1. The van der Waals surface area contributed by atoms with E-state index in [-0.39, 0.29) is 12.0 Å². The molecule has 3 fully saturated rings. The van der Waals surface area contributed by atoms with Crippen LogP contribution in [0.5, 0.6) is 11.5 Å². The fraction of sp³-hybridized carbons (Fsp3) is 0.382. The Morgan fingerprint density at radius 2 is 1.81 bits per heavy atom. The van der Waals surface area contributed by atoms with Crippen LogP contribution in [-0.4, -0.2) is 79.3 Å². The minimum Gasteiger partial charge on any atom is -0.496 e. The predicted molar refractivity (Wildman–Crippen MR) is 161 cm³/mol. The summed E-state index contributed by atoms with van der Waals surface area (Å²) in [5.41, 5.74) is 4.75. The van der Waals surface area contributed by atoms with Crippen LogP contribution >= 0.6 is 0 Å². The molecule has 3 saturated heterocycles. The number of amides is 1. The second-order valence-corrected chi connectivity index (χ2v) is 11.5. The molecule has 0 spiro atoms. The first-order valence-electron chi connectivity index (χ1n) is 15.0. The lowest BCUT2D eigenvalue weighted by Gasteiger charge is -2.44. The van der Waals surface area contributed by atoms with Gasteiger partial charge in [-0.15, -0.1) is 0 Å². The molecule has 2 aromatic carbocycles. The molecule has 7 rings (SSSR count). The zero-order valence-electron chi connectivity index (χ0n) is 24.3. The highest BCUT2D eigenvalue weighted by Gasteiger charge is 2.36. The third kappa shape index (κ3) is 5.33. The highest BCUT2D eigenvalue weighted by Crippen LogP contribution is 2.39. The summed E-state index contributed by atoms with van der Waals surface area (Å²) in [5, 5.41) is 9.89. The van der Waals surface area contributed by atoms with Crippen LogP contribution in [0.15, 0.2) is 59.1 Å². The van der Waals surface area contributed by atoms with Gasteiger partial charge in [-0.1, -0.05) is 6.07 Å². The van der Waals surface area contributed by atoms with Crippen molar-refractivity contribution < 1.29 is 23.4 Å². The zero-order chi connectivity index (χ0) is 29.3. The van der Waals surface area contributed by atoms with Gasteiger partial charge in [-0.2, -0.15) is 5.26 Å². The number of hydrogen-bond acceptors (Lipinski definition) is 8. The fourth-order valence-corrected chi connectivity index (χ4v) is 6.33. The summed E-state index contributed by atoms with van der Waals surface area (Å²) in [7, 11) is 1.60. The summed E-state index contributed by atoms with van der Waals surface area (Å²) in [5.74, 6) is 1.74. The quantitative estimate of drug-likeness (QED) is 0.283. The van der Waals surface area contributed by atoms with E-state index in [1.54, 1.807) is 19.4 Å². The number of carbonyl (C=O) groups is 1. The second kappa shape index (κ2) is 11.7. The standard InChI is InChI=1S/C34H34N4O5/c1-40-31-17-23(34(39)38-20-25(21-38)37-12-2-3-13-37)4-6-28(31)32-18-29-33(43-32)27(8-11-36-29)22-5-7-30(24(16-22)19-35)42-26-9-14-41-15-10-26/h4-8,11,16-18,25-26H,2-3,9-10,12-15,20-21H2,1H3. The molecule has 5 heterocycles. The summed E-state index contributed by atoms with van der Waals surface area (Å²) in [6.07, 6.45) is 5.89. The second-order valence-electron chi connectivity index (χ2n) is 11.5. The molecule has 9 heteroatoms. The molecular formula is C34H34N4O5. The van der Waals surface area contributed by atoms with Crippen molar-refractivity contribution in [3.05, 3.63) is 65.9 Å². The van der Waals surface area contributed by atoms with Crippen LogP contribution in [0.3, 0.4) is 0 Å². The largest absolute Gasteiger partial charge is 0.496 e. The number of likely N-dealkylation sites (tertiary alicyclic amines) is 2. The first-order valence-corrected chi connectivity index (χ1v) is 15.0. The van der Waals surface area contributed by atoms with E-state index in [1.165, 1.54) is 12.8 Å². The van der Waals surface area contributed by atoms with E-state index >= 15 is 0 Å². The van der Waals surface area contributed by atoms with E-state index < -0.39 is 0 Å². The number of rotatable bonds is 7. The highest BCUT2D eigenvalue weighted by molar-refractivity contribution is 5.97. The van der Waals surface area contributed by atoms with Gasteiger partial charge in [0.15, 0.2) is 5.58 Å². The number of aromatic nitrogens is 1. The minimum atomic E-state index is 0.0198. The number of methoxy groups -OCH3 is 1. The Bertz CT molecular complexity index is 1690. The van der Waals surface area contributed by atoms with E-state index in [9.17, 15) is 10.1 Å². The predicted octanol–water partition coefficient (Wildman–Crippen LogP) is 5.52. The highest BCUT2D eigenvalue weighted by atomic mass is 16.5. The normalized spacial score (nSPS) is 18.0. The van der Waals surface area contributed by atoms with Crippen LogP contribution in [0.25, 0.3) is 33.6 Å². The van der Waals surface area contributed by atoms with Crippen LogP contribution in [0, 0.1) is 11.3 Å². The first kappa shape index (κ1) is 27.4. The Kier molecular flexibility index (Phi) is 7.47. The molecule has 4 aromatic rings. The number of ether oxygens (including phenoxy) is 3. The molecule has 0 bridgehead atoms. The van der Waals surface area contributed by atoms with E-state index in [0.29, 0.717) is 58.7 Å². The summed E-state index contributed by atoms with van der Waals surface area (Å²) < 4.78 is 23.7. The molecule has 0 saturated carbocycles. The number of nitrogens with zero attached hydrogens (tertiary/aromatic N) is 4. The third-order valence-electron chi connectivity index (χ3n) is 8.81. The van der Waals surface area contributed by atoms with Gasteiger partial charge in [0.2, 0.25) is 0 Å². The van der Waals surface area contributed by atoms with Crippen LogP contribution in [0.4, 0.5) is 0 Å². The lowest BCUT2D eigenvalue weighted by molar-refractivity contribution is 0.0254. The van der Waals surface area contributed by atoms with E-state index in [4.69, 9.17) is 18.6 Å².